The fourth-order valence-corrected chi connectivity index (χ4v) is 3.50. The molecule has 32 heavy (non-hydrogen) atoms. The number of likely N-dealkylation sites (N-methyl/N-ethyl adjacent to an activating group) is 1. The first-order valence-corrected chi connectivity index (χ1v) is 10.2. The van der Waals surface area contributed by atoms with Crippen LogP contribution in [-0.2, 0) is 0 Å². The Morgan fingerprint density at radius 2 is 1.72 bits per heavy atom. The zero-order valence-electron chi connectivity index (χ0n) is 17.8. The molecule has 0 saturated heterocycles. The van der Waals surface area contributed by atoms with E-state index >= 15 is 0 Å². The molecule has 3 aromatic carbocycles. The van der Waals surface area contributed by atoms with Gasteiger partial charge in [0.15, 0.2) is 22.6 Å². The number of fused-ring (bicyclic) bond motifs is 1. The number of hydrogen-bond donors (Lipinski definition) is 0. The molecule has 162 valence electrons. The lowest BCUT2D eigenvalue weighted by Gasteiger charge is -2.18. The van der Waals surface area contributed by atoms with Crippen LogP contribution in [0.2, 0.25) is 0 Å². The van der Waals surface area contributed by atoms with Gasteiger partial charge in [0.25, 0.3) is 5.91 Å². The molecule has 0 aliphatic rings. The predicted octanol–water partition coefficient (Wildman–Crippen LogP) is 5.06. The quantitative estimate of drug-likeness (QED) is 0.428. The molecular formula is C26H22FNO4. The van der Waals surface area contributed by atoms with E-state index in [1.54, 1.807) is 44.3 Å². The van der Waals surface area contributed by atoms with Crippen LogP contribution in [0.25, 0.3) is 22.3 Å². The van der Waals surface area contributed by atoms with E-state index in [1.807, 2.05) is 30.3 Å². The standard InChI is InChI=1S/C26H22FNO4/c1-17-23(29)19-11-8-12-20(25(19)32-24(17)18-9-4-3-5-10-18)26(30)28(2)15-16-31-22-14-7-6-13-21(22)27/h3-14H,15-16H2,1-2H3. The molecule has 1 heterocycles. The van der Waals surface area contributed by atoms with Crippen LogP contribution >= 0.6 is 0 Å². The average Bonchev–Trinajstić information content (AvgIpc) is 2.82. The second-order valence-corrected chi connectivity index (χ2v) is 7.44. The normalized spacial score (nSPS) is 10.8. The monoisotopic (exact) mass is 431 g/mol. The highest BCUT2D eigenvalue weighted by Crippen LogP contribution is 2.27. The van der Waals surface area contributed by atoms with Crippen molar-refractivity contribution in [3.8, 4) is 17.1 Å². The van der Waals surface area contributed by atoms with Crippen LogP contribution in [0.1, 0.15) is 15.9 Å². The van der Waals surface area contributed by atoms with Crippen molar-refractivity contribution in [2.24, 2.45) is 0 Å². The van der Waals surface area contributed by atoms with E-state index < -0.39 is 5.82 Å². The molecule has 4 aromatic rings. The van der Waals surface area contributed by atoms with Crippen LogP contribution in [0.3, 0.4) is 0 Å². The molecule has 0 unspecified atom stereocenters. The third-order valence-corrected chi connectivity index (χ3v) is 5.28. The summed E-state index contributed by atoms with van der Waals surface area (Å²) in [7, 11) is 1.62. The van der Waals surface area contributed by atoms with Gasteiger partial charge in [-0.2, -0.15) is 0 Å². The maximum absolute atomic E-state index is 13.7. The van der Waals surface area contributed by atoms with Crippen LogP contribution in [0.15, 0.2) is 82.0 Å². The van der Waals surface area contributed by atoms with Gasteiger partial charge in [0, 0.05) is 18.2 Å². The summed E-state index contributed by atoms with van der Waals surface area (Å²) in [4.78, 5) is 27.6. The number of amides is 1. The van der Waals surface area contributed by atoms with Gasteiger partial charge < -0.3 is 14.1 Å². The molecule has 0 aliphatic heterocycles. The lowest BCUT2D eigenvalue weighted by atomic mass is 10.0. The van der Waals surface area contributed by atoms with E-state index in [2.05, 4.69) is 0 Å². The zero-order valence-corrected chi connectivity index (χ0v) is 17.8. The van der Waals surface area contributed by atoms with Gasteiger partial charge in [-0.3, -0.25) is 9.59 Å². The van der Waals surface area contributed by atoms with Crippen molar-refractivity contribution >= 4 is 16.9 Å². The smallest absolute Gasteiger partial charge is 0.257 e. The Balaban J connectivity index is 1.63. The Kier molecular flexibility index (Phi) is 6.03. The highest BCUT2D eigenvalue weighted by atomic mass is 19.1. The van der Waals surface area contributed by atoms with Crippen LogP contribution in [-0.4, -0.2) is 31.0 Å². The van der Waals surface area contributed by atoms with E-state index in [1.165, 1.54) is 17.0 Å². The Labute approximate surface area is 184 Å². The van der Waals surface area contributed by atoms with Crippen molar-refractivity contribution < 1.29 is 18.3 Å². The molecule has 0 atom stereocenters. The number of nitrogens with zero attached hydrogens (tertiary/aromatic N) is 1. The fourth-order valence-electron chi connectivity index (χ4n) is 3.50. The minimum atomic E-state index is -0.457. The summed E-state index contributed by atoms with van der Waals surface area (Å²) in [5.74, 6) is -0.207. The Morgan fingerprint density at radius 3 is 2.47 bits per heavy atom. The second kappa shape index (κ2) is 9.06. The lowest BCUT2D eigenvalue weighted by Crippen LogP contribution is -2.31. The van der Waals surface area contributed by atoms with Crippen molar-refractivity contribution in [3.05, 3.63) is 100.0 Å². The maximum atomic E-state index is 13.7. The number of para-hydroxylation sites is 2. The lowest BCUT2D eigenvalue weighted by molar-refractivity contribution is 0.0773. The molecule has 0 fully saturated rings. The van der Waals surface area contributed by atoms with E-state index in [-0.39, 0.29) is 41.4 Å². The van der Waals surface area contributed by atoms with Crippen LogP contribution in [0.4, 0.5) is 4.39 Å². The number of rotatable bonds is 6. The summed E-state index contributed by atoms with van der Waals surface area (Å²) in [6, 6.07) is 20.4. The number of halogens is 1. The summed E-state index contributed by atoms with van der Waals surface area (Å²) in [6.45, 7) is 2.06. The first-order valence-electron chi connectivity index (χ1n) is 10.2. The number of carbonyl (C=O) groups excluding carboxylic acids is 1. The first kappa shape index (κ1) is 21.3. The number of ether oxygens (including phenoxy) is 1. The van der Waals surface area contributed by atoms with Gasteiger partial charge in [-0.05, 0) is 31.2 Å². The molecule has 0 spiro atoms. The van der Waals surface area contributed by atoms with E-state index in [4.69, 9.17) is 9.15 Å². The molecule has 6 heteroatoms. The largest absolute Gasteiger partial charge is 0.489 e. The Bertz CT molecular complexity index is 1330. The number of carbonyl (C=O) groups is 1. The number of benzene rings is 3. The van der Waals surface area contributed by atoms with Gasteiger partial charge in [0.1, 0.15) is 12.4 Å². The summed E-state index contributed by atoms with van der Waals surface area (Å²) >= 11 is 0. The average molecular weight is 431 g/mol. The molecule has 4 rings (SSSR count). The van der Waals surface area contributed by atoms with Gasteiger partial charge in [-0.15, -0.1) is 0 Å². The summed E-state index contributed by atoms with van der Waals surface area (Å²) in [6.07, 6.45) is 0. The SMILES string of the molecule is Cc1c(-c2ccccc2)oc2c(C(=O)N(C)CCOc3ccccc3F)cccc2c1=O. The van der Waals surface area contributed by atoms with Crippen LogP contribution in [0, 0.1) is 12.7 Å². The van der Waals surface area contributed by atoms with Crippen molar-refractivity contribution in [1.29, 1.82) is 0 Å². The van der Waals surface area contributed by atoms with E-state index in [0.29, 0.717) is 16.7 Å². The highest BCUT2D eigenvalue weighted by Gasteiger charge is 2.20. The summed E-state index contributed by atoms with van der Waals surface area (Å²) < 4.78 is 25.3. The topological polar surface area (TPSA) is 59.8 Å². The third kappa shape index (κ3) is 4.12. The first-order chi connectivity index (χ1) is 15.5. The molecule has 0 saturated carbocycles. The molecule has 1 aromatic heterocycles. The van der Waals surface area contributed by atoms with Gasteiger partial charge in [-0.25, -0.2) is 4.39 Å². The molecule has 0 bridgehead atoms. The van der Waals surface area contributed by atoms with Crippen molar-refractivity contribution in [1.82, 2.24) is 4.90 Å². The second-order valence-electron chi connectivity index (χ2n) is 7.44. The van der Waals surface area contributed by atoms with E-state index in [9.17, 15) is 14.0 Å². The van der Waals surface area contributed by atoms with Crippen LogP contribution < -0.4 is 10.2 Å². The third-order valence-electron chi connectivity index (χ3n) is 5.28. The molecule has 0 N–H and O–H groups in total. The zero-order chi connectivity index (χ0) is 22.7. The minimum absolute atomic E-state index is 0.117. The van der Waals surface area contributed by atoms with E-state index in [0.717, 1.165) is 5.56 Å². The fraction of sp³-hybridized carbons (Fsp3) is 0.154. The molecule has 0 aliphatic carbocycles. The van der Waals surface area contributed by atoms with Gasteiger partial charge in [0.05, 0.1) is 17.5 Å². The Morgan fingerprint density at radius 1 is 1.00 bits per heavy atom. The maximum Gasteiger partial charge on any atom is 0.257 e. The minimum Gasteiger partial charge on any atom is -0.489 e. The molecule has 1 amide bonds. The molecule has 5 nitrogen and oxygen atoms in total. The molecular weight excluding hydrogens is 409 g/mol. The molecule has 0 radical (unpaired) electrons. The number of hydrogen-bond acceptors (Lipinski definition) is 4. The van der Waals surface area contributed by atoms with Crippen molar-refractivity contribution in [3.63, 3.8) is 0 Å². The highest BCUT2D eigenvalue weighted by molar-refractivity contribution is 6.05. The van der Waals surface area contributed by atoms with Gasteiger partial charge in [-0.1, -0.05) is 48.5 Å². The van der Waals surface area contributed by atoms with Crippen molar-refractivity contribution in [2.75, 3.05) is 20.2 Å². The van der Waals surface area contributed by atoms with Gasteiger partial charge in [0.2, 0.25) is 0 Å². The van der Waals surface area contributed by atoms with Crippen LogP contribution in [0.5, 0.6) is 5.75 Å². The van der Waals surface area contributed by atoms with Crippen molar-refractivity contribution in [2.45, 2.75) is 6.92 Å². The van der Waals surface area contributed by atoms with Gasteiger partial charge >= 0.3 is 0 Å². The summed E-state index contributed by atoms with van der Waals surface area (Å²) in [5.41, 5.74) is 1.60. The predicted molar refractivity (Wildman–Crippen MR) is 122 cm³/mol. The Hall–Kier alpha value is -3.93. The summed E-state index contributed by atoms with van der Waals surface area (Å²) in [5, 5.41) is 0.351.